The second-order valence-corrected chi connectivity index (χ2v) is 20.2. The Kier molecular flexibility index (Phi) is 8.81. The summed E-state index contributed by atoms with van der Waals surface area (Å²) in [6.45, 7) is 5.30. The summed E-state index contributed by atoms with van der Waals surface area (Å²) in [5, 5.41) is 0.885. The lowest BCUT2D eigenvalue weighted by atomic mass is 9.68. The number of halogens is 1. The number of nitrogens with zero attached hydrogens (tertiary/aromatic N) is 8. The van der Waals surface area contributed by atoms with Gasteiger partial charge in [0.1, 0.15) is 41.3 Å². The van der Waals surface area contributed by atoms with E-state index < -0.39 is 26.7 Å². The molecule has 4 aliphatic rings. The molecule has 13 nitrogen and oxygen atoms in total. The highest BCUT2D eigenvalue weighted by atomic mass is 79.9. The highest BCUT2D eigenvalue weighted by Gasteiger charge is 2.64. The molecule has 10 rings (SSSR count). The summed E-state index contributed by atoms with van der Waals surface area (Å²) in [4.78, 5) is 36.5. The van der Waals surface area contributed by atoms with E-state index in [1.54, 1.807) is 42.3 Å². The summed E-state index contributed by atoms with van der Waals surface area (Å²) in [5.74, 6) is 2.88. The summed E-state index contributed by atoms with van der Waals surface area (Å²) in [7, 11) is -0.0415. The maximum Gasteiger partial charge on any atom is 0.254 e. The quantitative estimate of drug-likeness (QED) is 0.177. The van der Waals surface area contributed by atoms with Crippen LogP contribution in [0.2, 0.25) is 5.31 Å². The minimum atomic E-state index is -3.98. The van der Waals surface area contributed by atoms with Crippen molar-refractivity contribution in [2.45, 2.75) is 73.2 Å². The van der Waals surface area contributed by atoms with Crippen LogP contribution in [0.4, 0.5) is 5.82 Å². The number of piperidine rings is 1. The zero-order valence-corrected chi connectivity index (χ0v) is 35.2. The van der Waals surface area contributed by atoms with Crippen LogP contribution in [-0.2, 0) is 22.9 Å². The van der Waals surface area contributed by atoms with Gasteiger partial charge < -0.3 is 29.4 Å². The van der Waals surface area contributed by atoms with E-state index in [1.807, 2.05) is 37.5 Å². The first kappa shape index (κ1) is 37.5. The Morgan fingerprint density at radius 2 is 1.83 bits per heavy atom. The van der Waals surface area contributed by atoms with Gasteiger partial charge in [0.2, 0.25) is 0 Å². The van der Waals surface area contributed by atoms with Gasteiger partial charge in [-0.3, -0.25) is 4.79 Å². The minimum absolute atomic E-state index is 0.158. The molecule has 4 aromatic heterocycles. The van der Waals surface area contributed by atoms with Crippen LogP contribution in [0.15, 0.2) is 82.4 Å². The topological polar surface area (TPSA) is 154 Å². The van der Waals surface area contributed by atoms with Crippen LogP contribution in [0.25, 0.3) is 33.6 Å². The third-order valence-corrected chi connectivity index (χ3v) is 16.0. The molecule has 0 spiro atoms. The summed E-state index contributed by atoms with van der Waals surface area (Å²) in [6, 6.07) is 17.7. The number of nitrogens with two attached hydrogens (primary N) is 1. The molecule has 4 fully saturated rings. The Morgan fingerprint density at radius 1 is 1.02 bits per heavy atom. The van der Waals surface area contributed by atoms with Crippen molar-refractivity contribution in [3.05, 3.63) is 88.9 Å². The molecule has 58 heavy (non-hydrogen) atoms. The number of aromatic nitrogens is 6. The maximum atomic E-state index is 14.7. The first-order valence-corrected chi connectivity index (χ1v) is 22.3. The molecular weight excluding hydrogens is 817 g/mol. The third-order valence-electron chi connectivity index (χ3n) is 13.1. The van der Waals surface area contributed by atoms with Crippen molar-refractivity contribution in [1.82, 2.24) is 34.0 Å². The largest absolute Gasteiger partial charge is 0.494 e. The van der Waals surface area contributed by atoms with Crippen molar-refractivity contribution in [1.29, 1.82) is 0 Å². The Hall–Kier alpha value is -4.80. The molecule has 2 aromatic carbocycles. The number of benzene rings is 2. The van der Waals surface area contributed by atoms with Crippen LogP contribution in [0.3, 0.4) is 0 Å². The van der Waals surface area contributed by atoms with Crippen LogP contribution in [0.5, 0.6) is 5.75 Å². The SMILES string of the molecule is B[C@@]1(Cn2c(-c3cc4cccnc4n3CC3CC3)nc3cc(C(=O)N4CC5CCC4[C@]5(N)S(=O)(=O)c4ccc(Br)cc4)cc(OC)c32)CCN(c2ccnc(C)n2)C1. The van der Waals surface area contributed by atoms with Crippen molar-refractivity contribution >= 4 is 67.4 Å². The van der Waals surface area contributed by atoms with Crippen LogP contribution >= 0.6 is 15.9 Å². The fraction of sp³-hybridized carbons (Fsp3) is 0.405. The van der Waals surface area contributed by atoms with E-state index in [0.717, 1.165) is 70.2 Å². The number of hydrogen-bond acceptors (Lipinski definition) is 10. The molecule has 298 valence electrons. The van der Waals surface area contributed by atoms with Crippen LogP contribution < -0.4 is 15.4 Å². The molecule has 2 saturated carbocycles. The van der Waals surface area contributed by atoms with Crippen LogP contribution in [-0.4, -0.2) is 93.8 Å². The molecule has 2 aliphatic heterocycles. The van der Waals surface area contributed by atoms with Crippen molar-refractivity contribution in [3.8, 4) is 17.3 Å². The molecule has 2 aliphatic carbocycles. The van der Waals surface area contributed by atoms with E-state index in [4.69, 9.17) is 25.4 Å². The Balaban J connectivity index is 1.07. The molecule has 4 atom stereocenters. The number of carbonyl (C=O) groups excluding carboxylic acids is 1. The number of sulfone groups is 1. The number of anilines is 1. The number of methoxy groups -OCH3 is 1. The highest BCUT2D eigenvalue weighted by molar-refractivity contribution is 9.10. The molecule has 2 bridgehead atoms. The fourth-order valence-corrected chi connectivity index (χ4v) is 12.3. The minimum Gasteiger partial charge on any atom is -0.494 e. The summed E-state index contributed by atoms with van der Waals surface area (Å²) in [5.41, 5.74) is 10.7. The molecular formula is C42H45BBrN9O4S. The number of pyridine rings is 1. The van der Waals surface area contributed by atoms with Gasteiger partial charge in [-0.15, -0.1) is 0 Å². The van der Waals surface area contributed by atoms with Gasteiger partial charge in [0, 0.05) is 66.5 Å². The Labute approximate surface area is 346 Å². The average molecular weight is 863 g/mol. The van der Waals surface area contributed by atoms with E-state index >= 15 is 0 Å². The van der Waals surface area contributed by atoms with Gasteiger partial charge in [-0.1, -0.05) is 15.9 Å². The lowest BCUT2D eigenvalue weighted by molar-refractivity contribution is 0.0697. The van der Waals surface area contributed by atoms with Gasteiger partial charge in [-0.2, -0.15) is 0 Å². The number of fused-ring (bicyclic) bond motifs is 4. The second kappa shape index (κ2) is 13.6. The molecule has 2 saturated heterocycles. The first-order chi connectivity index (χ1) is 27.9. The highest BCUT2D eigenvalue weighted by Crippen LogP contribution is 2.50. The van der Waals surface area contributed by atoms with Crippen molar-refractivity contribution in [3.63, 3.8) is 0 Å². The smallest absolute Gasteiger partial charge is 0.254 e. The van der Waals surface area contributed by atoms with E-state index in [-0.39, 0.29) is 22.7 Å². The zero-order valence-electron chi connectivity index (χ0n) is 32.8. The fourth-order valence-electron chi connectivity index (χ4n) is 9.91. The van der Waals surface area contributed by atoms with E-state index in [9.17, 15) is 13.2 Å². The van der Waals surface area contributed by atoms with Gasteiger partial charge in [0.15, 0.2) is 15.7 Å². The Bertz CT molecular complexity index is 2740. The number of aryl methyl sites for hydroxylation is 1. The van der Waals surface area contributed by atoms with Gasteiger partial charge in [-0.05, 0) is 111 Å². The maximum absolute atomic E-state index is 14.7. The zero-order chi connectivity index (χ0) is 40.1. The molecule has 6 heterocycles. The summed E-state index contributed by atoms with van der Waals surface area (Å²) >= 11 is 3.40. The lowest BCUT2D eigenvalue weighted by Gasteiger charge is -2.32. The first-order valence-electron chi connectivity index (χ1n) is 20.0. The van der Waals surface area contributed by atoms with Crippen LogP contribution in [0.1, 0.15) is 48.3 Å². The Morgan fingerprint density at radius 3 is 2.59 bits per heavy atom. The number of likely N-dealkylation sites (tertiary alicyclic amines) is 1. The van der Waals surface area contributed by atoms with Gasteiger partial charge in [0.25, 0.3) is 5.91 Å². The van der Waals surface area contributed by atoms with E-state index in [1.165, 1.54) is 12.8 Å². The van der Waals surface area contributed by atoms with E-state index in [0.29, 0.717) is 42.1 Å². The van der Waals surface area contributed by atoms with Gasteiger partial charge in [-0.25, -0.2) is 28.4 Å². The third kappa shape index (κ3) is 5.96. The van der Waals surface area contributed by atoms with Crippen molar-refractivity contribution in [2.24, 2.45) is 17.6 Å². The predicted molar refractivity (Wildman–Crippen MR) is 228 cm³/mol. The van der Waals surface area contributed by atoms with Crippen LogP contribution in [0, 0.1) is 18.8 Å². The lowest BCUT2D eigenvalue weighted by Crippen LogP contribution is -2.57. The predicted octanol–water partition coefficient (Wildman–Crippen LogP) is 5.40. The van der Waals surface area contributed by atoms with Gasteiger partial charge >= 0.3 is 0 Å². The molecule has 0 radical (unpaired) electrons. The van der Waals surface area contributed by atoms with Gasteiger partial charge in [0.05, 0.1) is 29.3 Å². The number of hydrogen-bond donors (Lipinski definition) is 1. The number of imidazole rings is 1. The molecule has 1 amide bonds. The molecule has 16 heteroatoms. The monoisotopic (exact) mass is 861 g/mol. The molecule has 2 unspecified atom stereocenters. The van der Waals surface area contributed by atoms with E-state index in [2.05, 4.69) is 54.9 Å². The number of rotatable bonds is 10. The summed E-state index contributed by atoms with van der Waals surface area (Å²) < 4.78 is 39.9. The second-order valence-electron chi connectivity index (χ2n) is 17.1. The summed E-state index contributed by atoms with van der Waals surface area (Å²) in [6.07, 6.45) is 8.09. The average Bonchev–Trinajstić information content (AvgIpc) is 3.43. The number of amides is 1. The standard InChI is InChI=1S/C42H45BBrN9O4S/c1-25-46-16-13-36(48-25)50-17-14-41(43,23-50)24-53-37-32(49-39(53)33-19-27-4-3-15-47-38(27)51(33)21-26-5-6-26)18-28(20-34(37)57-2)40(54)52-22-29-7-12-35(52)42(29,45)58(55,56)31-10-8-30(44)9-11-31/h3-4,8-11,13,15-16,18-20,26,29,35H,5-7,12,14,17,21-24,43,45H2,1-2H3/t29?,35?,41-,42+/m0/s1. The molecule has 2 N–H and O–H groups in total. The number of ether oxygens (including phenoxy) is 1. The molecule has 6 aromatic rings. The normalized spacial score (nSPS) is 24.4. The van der Waals surface area contributed by atoms with Crippen molar-refractivity contribution < 1.29 is 17.9 Å². The number of carbonyl (C=O) groups is 1. The van der Waals surface area contributed by atoms with Crippen molar-refractivity contribution in [2.75, 3.05) is 31.6 Å².